The monoisotopic (exact) mass is 310 g/mol. The van der Waals surface area contributed by atoms with E-state index < -0.39 is 9.84 Å². The first-order valence-electron chi connectivity index (χ1n) is 5.93. The van der Waals surface area contributed by atoms with Gasteiger partial charge in [-0.1, -0.05) is 5.21 Å². The lowest BCUT2D eigenvalue weighted by Crippen LogP contribution is -2.19. The SMILES string of the molecule is CS(=O)(=O)c1ccc(NC(=O)Cn2cc(CN)nn2)cn1. The molecular weight excluding hydrogens is 296 g/mol. The molecule has 3 N–H and O–H groups in total. The van der Waals surface area contributed by atoms with E-state index in [0.29, 0.717) is 11.4 Å². The Bertz CT molecular complexity index is 738. The second-order valence-corrected chi connectivity index (χ2v) is 6.28. The van der Waals surface area contributed by atoms with Gasteiger partial charge in [-0.25, -0.2) is 18.1 Å². The Morgan fingerprint density at radius 1 is 1.43 bits per heavy atom. The number of hydrogen-bond acceptors (Lipinski definition) is 7. The zero-order valence-electron chi connectivity index (χ0n) is 11.2. The van der Waals surface area contributed by atoms with Gasteiger partial charge < -0.3 is 11.1 Å². The minimum Gasteiger partial charge on any atom is -0.325 e. The predicted molar refractivity (Wildman–Crippen MR) is 73.9 cm³/mol. The fourth-order valence-electron chi connectivity index (χ4n) is 1.53. The van der Waals surface area contributed by atoms with Gasteiger partial charge in [0.25, 0.3) is 0 Å². The van der Waals surface area contributed by atoms with Gasteiger partial charge in [-0.3, -0.25) is 4.79 Å². The summed E-state index contributed by atoms with van der Waals surface area (Å²) in [6.07, 6.45) is 3.92. The second-order valence-electron chi connectivity index (χ2n) is 4.32. The average Bonchev–Trinajstić information content (AvgIpc) is 2.85. The number of nitrogens with one attached hydrogen (secondary N) is 1. The van der Waals surface area contributed by atoms with Crippen molar-refractivity contribution in [2.24, 2.45) is 5.73 Å². The van der Waals surface area contributed by atoms with Gasteiger partial charge in [0.15, 0.2) is 14.9 Å². The molecule has 1 amide bonds. The van der Waals surface area contributed by atoms with Crippen molar-refractivity contribution in [2.45, 2.75) is 18.1 Å². The molecule has 2 heterocycles. The number of pyridine rings is 1. The maximum Gasteiger partial charge on any atom is 0.246 e. The van der Waals surface area contributed by atoms with E-state index in [0.717, 1.165) is 6.26 Å². The van der Waals surface area contributed by atoms with Gasteiger partial charge in [-0.15, -0.1) is 5.10 Å². The number of hydrogen-bond donors (Lipinski definition) is 2. The third kappa shape index (κ3) is 4.07. The molecule has 10 heteroatoms. The van der Waals surface area contributed by atoms with Crippen LogP contribution >= 0.6 is 0 Å². The van der Waals surface area contributed by atoms with Crippen molar-refractivity contribution in [3.05, 3.63) is 30.2 Å². The predicted octanol–water partition coefficient (Wildman–Crippen LogP) is -0.826. The molecule has 112 valence electrons. The summed E-state index contributed by atoms with van der Waals surface area (Å²) in [5.41, 5.74) is 6.37. The highest BCUT2D eigenvalue weighted by Gasteiger charge is 2.10. The number of rotatable bonds is 5. The minimum atomic E-state index is -3.35. The molecule has 0 aliphatic carbocycles. The van der Waals surface area contributed by atoms with Gasteiger partial charge in [0, 0.05) is 12.8 Å². The highest BCUT2D eigenvalue weighted by Crippen LogP contribution is 2.10. The molecular formula is C11H14N6O3S. The number of carbonyl (C=O) groups is 1. The summed E-state index contributed by atoms with van der Waals surface area (Å²) < 4.78 is 23.9. The number of sulfone groups is 1. The second kappa shape index (κ2) is 5.97. The van der Waals surface area contributed by atoms with Crippen LogP contribution in [0.4, 0.5) is 5.69 Å². The van der Waals surface area contributed by atoms with Crippen LogP contribution in [-0.2, 0) is 27.7 Å². The third-order valence-electron chi connectivity index (χ3n) is 2.50. The average molecular weight is 310 g/mol. The van der Waals surface area contributed by atoms with Crippen molar-refractivity contribution in [1.29, 1.82) is 0 Å². The van der Waals surface area contributed by atoms with Crippen molar-refractivity contribution in [3.63, 3.8) is 0 Å². The molecule has 0 radical (unpaired) electrons. The van der Waals surface area contributed by atoms with E-state index in [1.54, 1.807) is 6.20 Å². The van der Waals surface area contributed by atoms with Crippen LogP contribution < -0.4 is 11.1 Å². The maximum absolute atomic E-state index is 11.8. The molecule has 0 saturated heterocycles. The summed E-state index contributed by atoms with van der Waals surface area (Å²) in [6.45, 7) is 0.222. The van der Waals surface area contributed by atoms with E-state index in [4.69, 9.17) is 5.73 Å². The summed E-state index contributed by atoms with van der Waals surface area (Å²) in [7, 11) is -3.35. The van der Waals surface area contributed by atoms with Crippen LogP contribution in [0, 0.1) is 0 Å². The fourth-order valence-corrected chi connectivity index (χ4v) is 2.09. The summed E-state index contributed by atoms with van der Waals surface area (Å²) in [4.78, 5) is 15.6. The molecule has 2 rings (SSSR count). The van der Waals surface area contributed by atoms with Gasteiger partial charge >= 0.3 is 0 Å². The number of anilines is 1. The molecule has 0 aliphatic heterocycles. The van der Waals surface area contributed by atoms with Crippen molar-refractivity contribution < 1.29 is 13.2 Å². The molecule has 2 aromatic rings. The highest BCUT2D eigenvalue weighted by atomic mass is 32.2. The molecule has 0 spiro atoms. The van der Waals surface area contributed by atoms with E-state index in [1.807, 2.05) is 0 Å². The molecule has 0 atom stereocenters. The van der Waals surface area contributed by atoms with Crippen molar-refractivity contribution in [3.8, 4) is 0 Å². The molecule has 0 aromatic carbocycles. The Balaban J connectivity index is 1.99. The largest absolute Gasteiger partial charge is 0.325 e. The number of nitrogens with two attached hydrogens (primary N) is 1. The Labute approximate surface area is 121 Å². The zero-order chi connectivity index (χ0) is 15.5. The molecule has 9 nitrogen and oxygen atoms in total. The molecule has 0 saturated carbocycles. The summed E-state index contributed by atoms with van der Waals surface area (Å²) >= 11 is 0. The smallest absolute Gasteiger partial charge is 0.246 e. The Kier molecular flexibility index (Phi) is 4.29. The van der Waals surface area contributed by atoms with Gasteiger partial charge in [0.1, 0.15) is 6.54 Å². The Hall–Kier alpha value is -2.33. The summed E-state index contributed by atoms with van der Waals surface area (Å²) in [6, 6.07) is 2.79. The molecule has 0 bridgehead atoms. The molecule has 0 unspecified atom stereocenters. The molecule has 2 aromatic heterocycles. The van der Waals surface area contributed by atoms with Gasteiger partial charge in [0.2, 0.25) is 5.91 Å². The Morgan fingerprint density at radius 2 is 2.19 bits per heavy atom. The van der Waals surface area contributed by atoms with E-state index in [9.17, 15) is 13.2 Å². The van der Waals surface area contributed by atoms with Crippen LogP contribution in [0.3, 0.4) is 0 Å². The van der Waals surface area contributed by atoms with Gasteiger partial charge in [0.05, 0.1) is 23.8 Å². The van der Waals surface area contributed by atoms with Crippen LogP contribution in [0.25, 0.3) is 0 Å². The summed E-state index contributed by atoms with van der Waals surface area (Å²) in [5.74, 6) is -0.336. The third-order valence-corrected chi connectivity index (χ3v) is 3.50. The Morgan fingerprint density at radius 3 is 2.71 bits per heavy atom. The first-order chi connectivity index (χ1) is 9.88. The van der Waals surface area contributed by atoms with Crippen LogP contribution in [-0.4, -0.2) is 40.6 Å². The standard InChI is InChI=1S/C11H14N6O3S/c1-21(19,20)11-3-2-8(5-13-11)14-10(18)7-17-6-9(4-12)15-16-17/h2-3,5-6H,4,7,12H2,1H3,(H,14,18). The number of amides is 1. The van der Waals surface area contributed by atoms with Crippen LogP contribution in [0.2, 0.25) is 0 Å². The minimum absolute atomic E-state index is 0.0270. The quantitative estimate of drug-likeness (QED) is 0.736. The van der Waals surface area contributed by atoms with Gasteiger partial charge in [-0.2, -0.15) is 0 Å². The zero-order valence-corrected chi connectivity index (χ0v) is 12.0. The lowest BCUT2D eigenvalue weighted by atomic mass is 10.4. The van der Waals surface area contributed by atoms with Crippen molar-refractivity contribution in [1.82, 2.24) is 20.0 Å². The van der Waals surface area contributed by atoms with E-state index in [1.165, 1.54) is 23.0 Å². The van der Waals surface area contributed by atoms with Crippen molar-refractivity contribution >= 4 is 21.4 Å². The van der Waals surface area contributed by atoms with E-state index >= 15 is 0 Å². The first-order valence-corrected chi connectivity index (χ1v) is 7.82. The summed E-state index contributed by atoms with van der Waals surface area (Å²) in [5, 5.41) is 10.0. The van der Waals surface area contributed by atoms with Gasteiger partial charge in [-0.05, 0) is 12.1 Å². The molecule has 0 aliphatic rings. The lowest BCUT2D eigenvalue weighted by molar-refractivity contribution is -0.116. The van der Waals surface area contributed by atoms with E-state index in [-0.39, 0.29) is 24.0 Å². The fraction of sp³-hybridized carbons (Fsp3) is 0.273. The normalized spacial score (nSPS) is 11.3. The molecule has 0 fully saturated rings. The number of carbonyl (C=O) groups excluding carboxylic acids is 1. The lowest BCUT2D eigenvalue weighted by Gasteiger charge is -2.05. The molecule has 21 heavy (non-hydrogen) atoms. The first kappa shape index (κ1) is 15.1. The van der Waals surface area contributed by atoms with Crippen LogP contribution in [0.15, 0.2) is 29.6 Å². The van der Waals surface area contributed by atoms with Crippen molar-refractivity contribution in [2.75, 3.05) is 11.6 Å². The topological polar surface area (TPSA) is 133 Å². The van der Waals surface area contributed by atoms with Crippen LogP contribution in [0.5, 0.6) is 0 Å². The number of aromatic nitrogens is 4. The van der Waals surface area contributed by atoms with E-state index in [2.05, 4.69) is 20.6 Å². The van der Waals surface area contributed by atoms with Crippen LogP contribution in [0.1, 0.15) is 5.69 Å². The maximum atomic E-state index is 11.8. The number of nitrogens with zero attached hydrogens (tertiary/aromatic N) is 4. The highest BCUT2D eigenvalue weighted by molar-refractivity contribution is 7.90.